The molecule has 0 bridgehead atoms. The Labute approximate surface area is 200 Å². The summed E-state index contributed by atoms with van der Waals surface area (Å²) in [6, 6.07) is 17.2. The molecule has 8 heteroatoms. The third-order valence-electron chi connectivity index (χ3n) is 5.65. The minimum absolute atomic E-state index is 0.0165. The van der Waals surface area contributed by atoms with Gasteiger partial charge in [0.05, 0.1) is 41.0 Å². The molecule has 5 rings (SSSR count). The summed E-state index contributed by atoms with van der Waals surface area (Å²) in [5, 5.41) is 0.0165. The maximum atomic E-state index is 15.3. The van der Waals surface area contributed by atoms with Crippen molar-refractivity contribution in [3.63, 3.8) is 0 Å². The van der Waals surface area contributed by atoms with Gasteiger partial charge in [-0.3, -0.25) is 9.78 Å². The number of carbonyl (C=O) groups excluding carboxylic acids is 1. The summed E-state index contributed by atoms with van der Waals surface area (Å²) in [5.74, 6) is -0.664. The summed E-state index contributed by atoms with van der Waals surface area (Å²) < 4.78 is 26.3. The van der Waals surface area contributed by atoms with Crippen LogP contribution in [0, 0.1) is 5.82 Å². The average molecular weight is 478 g/mol. The highest BCUT2D eigenvalue weighted by atomic mass is 35.5. The second kappa shape index (κ2) is 9.75. The van der Waals surface area contributed by atoms with E-state index in [1.54, 1.807) is 24.4 Å². The second-order valence-electron chi connectivity index (χ2n) is 7.87. The highest BCUT2D eigenvalue weighted by Gasteiger charge is 2.22. The van der Waals surface area contributed by atoms with Crippen LogP contribution in [-0.4, -0.2) is 42.1 Å². The zero-order valence-corrected chi connectivity index (χ0v) is 19.0. The number of halogens is 2. The predicted molar refractivity (Wildman–Crippen MR) is 128 cm³/mol. The number of hydrogen-bond donors (Lipinski definition) is 0. The molecule has 0 saturated carbocycles. The predicted octanol–water partition coefficient (Wildman–Crippen LogP) is 5.07. The highest BCUT2D eigenvalue weighted by Crippen LogP contribution is 2.30. The van der Waals surface area contributed by atoms with Crippen molar-refractivity contribution >= 4 is 34.2 Å². The molecule has 0 spiro atoms. The van der Waals surface area contributed by atoms with E-state index in [4.69, 9.17) is 21.1 Å². The summed E-state index contributed by atoms with van der Waals surface area (Å²) >= 11 is 6.25. The fraction of sp³-hybridized carbons (Fsp3) is 0.192. The van der Waals surface area contributed by atoms with Gasteiger partial charge in [0.2, 0.25) is 0 Å². The van der Waals surface area contributed by atoms with Crippen LogP contribution in [0.4, 0.5) is 10.2 Å². The monoisotopic (exact) mass is 477 g/mol. The van der Waals surface area contributed by atoms with Gasteiger partial charge in [0.1, 0.15) is 12.4 Å². The van der Waals surface area contributed by atoms with Gasteiger partial charge in [-0.05, 0) is 35.9 Å². The first-order chi connectivity index (χ1) is 16.6. The van der Waals surface area contributed by atoms with Gasteiger partial charge in [0.25, 0.3) is 0 Å². The van der Waals surface area contributed by atoms with E-state index in [2.05, 4.69) is 14.9 Å². The molecule has 1 aliphatic heterocycles. The van der Waals surface area contributed by atoms with Gasteiger partial charge in [-0.2, -0.15) is 0 Å². The highest BCUT2D eigenvalue weighted by molar-refractivity contribution is 6.35. The summed E-state index contributed by atoms with van der Waals surface area (Å²) in [5.41, 5.74) is 2.10. The lowest BCUT2D eigenvalue weighted by Gasteiger charge is -2.27. The summed E-state index contributed by atoms with van der Waals surface area (Å²) in [7, 11) is 0. The first kappa shape index (κ1) is 22.3. The Bertz CT molecular complexity index is 1340. The van der Waals surface area contributed by atoms with Crippen molar-refractivity contribution in [3.8, 4) is 5.75 Å². The molecular formula is C26H21ClFN3O3. The zero-order chi connectivity index (χ0) is 23.5. The van der Waals surface area contributed by atoms with Crippen molar-refractivity contribution in [1.82, 2.24) is 9.97 Å². The Morgan fingerprint density at radius 1 is 1.06 bits per heavy atom. The number of fused-ring (bicyclic) bond motifs is 1. The molecule has 0 radical (unpaired) electrons. The van der Waals surface area contributed by atoms with Gasteiger partial charge in [-0.1, -0.05) is 41.9 Å². The average Bonchev–Trinajstić information content (AvgIpc) is 2.88. The van der Waals surface area contributed by atoms with Crippen molar-refractivity contribution in [2.75, 3.05) is 31.2 Å². The maximum absolute atomic E-state index is 15.3. The number of benzene rings is 3. The van der Waals surface area contributed by atoms with Crippen LogP contribution in [0.2, 0.25) is 5.02 Å². The van der Waals surface area contributed by atoms with Crippen LogP contribution in [0.5, 0.6) is 5.75 Å². The number of ether oxygens (including phenoxy) is 2. The molecule has 4 aromatic rings. The summed E-state index contributed by atoms with van der Waals surface area (Å²) in [4.78, 5) is 24.5. The van der Waals surface area contributed by atoms with E-state index in [-0.39, 0.29) is 28.5 Å². The molecule has 1 saturated heterocycles. The number of ketones is 1. The Morgan fingerprint density at radius 3 is 2.65 bits per heavy atom. The van der Waals surface area contributed by atoms with E-state index in [1.807, 2.05) is 30.3 Å². The number of aromatic nitrogens is 2. The van der Waals surface area contributed by atoms with Crippen LogP contribution >= 0.6 is 11.6 Å². The topological polar surface area (TPSA) is 64.6 Å². The first-order valence-corrected chi connectivity index (χ1v) is 11.3. The Balaban J connectivity index is 1.44. The van der Waals surface area contributed by atoms with E-state index >= 15 is 4.39 Å². The second-order valence-corrected chi connectivity index (χ2v) is 8.28. The third kappa shape index (κ3) is 4.58. The van der Waals surface area contributed by atoms with Crippen molar-refractivity contribution < 1.29 is 18.7 Å². The van der Waals surface area contributed by atoms with Crippen molar-refractivity contribution in [2.45, 2.75) is 6.61 Å². The molecule has 0 atom stereocenters. The fourth-order valence-electron chi connectivity index (χ4n) is 3.82. The van der Waals surface area contributed by atoms with Gasteiger partial charge >= 0.3 is 0 Å². The number of anilines is 1. The van der Waals surface area contributed by atoms with Gasteiger partial charge in [0, 0.05) is 18.7 Å². The van der Waals surface area contributed by atoms with Crippen LogP contribution in [0.25, 0.3) is 11.0 Å². The number of hydrogen-bond acceptors (Lipinski definition) is 6. The summed E-state index contributed by atoms with van der Waals surface area (Å²) in [6.45, 7) is 2.85. The molecule has 1 aromatic heterocycles. The third-order valence-corrected chi connectivity index (χ3v) is 5.96. The molecule has 1 fully saturated rings. The van der Waals surface area contributed by atoms with Gasteiger partial charge < -0.3 is 14.4 Å². The lowest BCUT2D eigenvalue weighted by molar-refractivity contribution is 0.103. The maximum Gasteiger partial charge on any atom is 0.197 e. The normalized spacial score (nSPS) is 13.8. The molecule has 1 aliphatic rings. The van der Waals surface area contributed by atoms with Crippen molar-refractivity contribution in [2.24, 2.45) is 0 Å². The number of carbonyl (C=O) groups is 1. The molecule has 172 valence electrons. The zero-order valence-electron chi connectivity index (χ0n) is 18.2. The minimum Gasteiger partial charge on any atom is -0.486 e. The van der Waals surface area contributed by atoms with E-state index in [0.29, 0.717) is 30.1 Å². The van der Waals surface area contributed by atoms with Gasteiger partial charge in [-0.15, -0.1) is 0 Å². The summed E-state index contributed by atoms with van der Waals surface area (Å²) in [6.07, 6.45) is 1.71. The quantitative estimate of drug-likeness (QED) is 0.361. The smallest absolute Gasteiger partial charge is 0.197 e. The molecule has 0 N–H and O–H groups in total. The molecule has 6 nitrogen and oxygen atoms in total. The van der Waals surface area contributed by atoms with Crippen LogP contribution in [0.15, 0.2) is 66.9 Å². The molecule has 2 heterocycles. The number of nitrogens with zero attached hydrogens (tertiary/aromatic N) is 3. The van der Waals surface area contributed by atoms with Crippen LogP contribution in [0.1, 0.15) is 21.5 Å². The number of morpholine rings is 1. The van der Waals surface area contributed by atoms with E-state index in [9.17, 15) is 4.79 Å². The van der Waals surface area contributed by atoms with E-state index < -0.39 is 11.6 Å². The van der Waals surface area contributed by atoms with E-state index in [0.717, 1.165) is 18.7 Å². The minimum atomic E-state index is -0.790. The Morgan fingerprint density at radius 2 is 1.85 bits per heavy atom. The van der Waals surface area contributed by atoms with Crippen LogP contribution in [0.3, 0.4) is 0 Å². The van der Waals surface area contributed by atoms with E-state index in [1.165, 1.54) is 12.1 Å². The molecular weight excluding hydrogens is 457 g/mol. The largest absolute Gasteiger partial charge is 0.486 e. The van der Waals surface area contributed by atoms with Gasteiger partial charge in [-0.25, -0.2) is 9.37 Å². The molecule has 34 heavy (non-hydrogen) atoms. The first-order valence-electron chi connectivity index (χ1n) is 10.9. The Hall–Kier alpha value is -3.55. The van der Waals surface area contributed by atoms with Crippen molar-refractivity contribution in [1.29, 1.82) is 0 Å². The standard InChI is InChI=1S/C26H21ClFN3O3/c27-19-7-9-22(34-16-17-4-2-1-3-5-17)25(28)24(19)26(32)18-6-8-20-21(14-18)30-23(15-29-20)31-10-12-33-13-11-31/h1-9,14-15H,10-13,16H2. The van der Waals surface area contributed by atoms with Crippen LogP contribution in [-0.2, 0) is 11.3 Å². The Kier molecular flexibility index (Phi) is 6.38. The molecule has 0 aliphatic carbocycles. The molecule has 3 aromatic carbocycles. The SMILES string of the molecule is O=C(c1ccc2ncc(N3CCOCC3)nc2c1)c1c(Cl)ccc(OCc2ccccc2)c1F. The molecule has 0 unspecified atom stereocenters. The molecule has 0 amide bonds. The lowest BCUT2D eigenvalue weighted by Crippen LogP contribution is -2.36. The number of rotatable bonds is 6. The fourth-order valence-corrected chi connectivity index (χ4v) is 4.05. The van der Waals surface area contributed by atoms with Crippen molar-refractivity contribution in [3.05, 3.63) is 94.4 Å². The van der Waals surface area contributed by atoms with Gasteiger partial charge in [0.15, 0.2) is 17.3 Å². The lowest BCUT2D eigenvalue weighted by atomic mass is 10.0. The van der Waals surface area contributed by atoms with Crippen LogP contribution < -0.4 is 9.64 Å².